The van der Waals surface area contributed by atoms with E-state index in [4.69, 9.17) is 4.74 Å². The molecule has 1 heterocycles. The van der Waals surface area contributed by atoms with Crippen LogP contribution in [0.1, 0.15) is 38.5 Å². The SMILES string of the molecule is CCCCOC(=O)Cn1cccc1C(C)O. The highest BCUT2D eigenvalue weighted by Gasteiger charge is 2.10. The van der Waals surface area contributed by atoms with Crippen LogP contribution < -0.4 is 0 Å². The van der Waals surface area contributed by atoms with Crippen molar-refractivity contribution in [3.8, 4) is 0 Å². The second-order valence-corrected chi connectivity index (χ2v) is 3.81. The van der Waals surface area contributed by atoms with E-state index in [1.807, 2.05) is 6.92 Å². The molecular weight excluding hydrogens is 206 g/mol. The van der Waals surface area contributed by atoms with Crippen LogP contribution in [0.4, 0.5) is 0 Å². The van der Waals surface area contributed by atoms with Crippen molar-refractivity contribution in [2.24, 2.45) is 0 Å². The molecule has 0 saturated heterocycles. The zero-order valence-electron chi connectivity index (χ0n) is 9.85. The largest absolute Gasteiger partial charge is 0.464 e. The van der Waals surface area contributed by atoms with Gasteiger partial charge in [0.15, 0.2) is 0 Å². The summed E-state index contributed by atoms with van der Waals surface area (Å²) in [6.45, 7) is 4.36. The Balaban J connectivity index is 2.46. The number of aliphatic hydroxyl groups is 1. The van der Waals surface area contributed by atoms with Crippen LogP contribution in [-0.4, -0.2) is 22.2 Å². The molecule has 1 aromatic heterocycles. The van der Waals surface area contributed by atoms with Crippen LogP contribution in [0.3, 0.4) is 0 Å². The Bertz CT molecular complexity index is 331. The molecule has 90 valence electrons. The summed E-state index contributed by atoms with van der Waals surface area (Å²) in [4.78, 5) is 11.4. The van der Waals surface area contributed by atoms with Crippen LogP contribution in [-0.2, 0) is 16.1 Å². The van der Waals surface area contributed by atoms with Crippen LogP contribution in [0, 0.1) is 0 Å². The number of ether oxygens (including phenoxy) is 1. The first-order valence-electron chi connectivity index (χ1n) is 5.64. The number of nitrogens with zero attached hydrogens (tertiary/aromatic N) is 1. The first-order chi connectivity index (χ1) is 7.65. The maximum absolute atomic E-state index is 11.4. The fraction of sp³-hybridized carbons (Fsp3) is 0.583. The van der Waals surface area contributed by atoms with E-state index >= 15 is 0 Å². The van der Waals surface area contributed by atoms with Crippen molar-refractivity contribution in [1.29, 1.82) is 0 Å². The van der Waals surface area contributed by atoms with Crippen LogP contribution in [0.2, 0.25) is 0 Å². The molecule has 0 aromatic carbocycles. The predicted molar refractivity (Wildman–Crippen MR) is 60.9 cm³/mol. The van der Waals surface area contributed by atoms with E-state index in [1.54, 1.807) is 29.8 Å². The predicted octanol–water partition coefficient (Wildman–Crippen LogP) is 1.88. The lowest BCUT2D eigenvalue weighted by Gasteiger charge is -2.10. The number of hydrogen-bond donors (Lipinski definition) is 1. The number of carbonyl (C=O) groups excluding carboxylic acids is 1. The van der Waals surface area contributed by atoms with Crippen molar-refractivity contribution < 1.29 is 14.6 Å². The third-order valence-corrected chi connectivity index (χ3v) is 2.35. The van der Waals surface area contributed by atoms with Gasteiger partial charge in [-0.25, -0.2) is 0 Å². The van der Waals surface area contributed by atoms with Gasteiger partial charge in [0.2, 0.25) is 0 Å². The summed E-state index contributed by atoms with van der Waals surface area (Å²) in [5.74, 6) is -0.258. The molecule has 1 atom stereocenters. The Hall–Kier alpha value is -1.29. The highest BCUT2D eigenvalue weighted by atomic mass is 16.5. The number of rotatable bonds is 6. The van der Waals surface area contributed by atoms with Crippen LogP contribution >= 0.6 is 0 Å². The maximum Gasteiger partial charge on any atom is 0.325 e. The molecule has 0 radical (unpaired) electrons. The molecule has 0 aliphatic carbocycles. The maximum atomic E-state index is 11.4. The number of unbranched alkanes of at least 4 members (excludes halogenated alkanes) is 1. The molecule has 0 bridgehead atoms. The summed E-state index contributed by atoms with van der Waals surface area (Å²) < 4.78 is 6.76. The second kappa shape index (κ2) is 6.33. The Kier molecular flexibility index (Phi) is 5.05. The molecule has 1 aromatic rings. The summed E-state index contributed by atoms with van der Waals surface area (Å²) in [5.41, 5.74) is 0.729. The quantitative estimate of drug-likeness (QED) is 0.594. The highest BCUT2D eigenvalue weighted by Crippen LogP contribution is 2.12. The number of aromatic nitrogens is 1. The third-order valence-electron chi connectivity index (χ3n) is 2.35. The van der Waals surface area contributed by atoms with Crippen molar-refractivity contribution in [1.82, 2.24) is 4.57 Å². The first-order valence-corrected chi connectivity index (χ1v) is 5.64. The van der Waals surface area contributed by atoms with E-state index in [0.29, 0.717) is 6.61 Å². The Morgan fingerprint density at radius 2 is 2.38 bits per heavy atom. The molecular formula is C12H19NO3. The van der Waals surface area contributed by atoms with Gasteiger partial charge in [0, 0.05) is 11.9 Å². The van der Waals surface area contributed by atoms with E-state index in [2.05, 4.69) is 0 Å². The second-order valence-electron chi connectivity index (χ2n) is 3.81. The molecule has 0 aliphatic rings. The minimum absolute atomic E-state index is 0.164. The average molecular weight is 225 g/mol. The molecule has 1 unspecified atom stereocenters. The lowest BCUT2D eigenvalue weighted by molar-refractivity contribution is -0.144. The molecule has 0 aliphatic heterocycles. The minimum atomic E-state index is -0.571. The Morgan fingerprint density at radius 3 is 3.00 bits per heavy atom. The van der Waals surface area contributed by atoms with Gasteiger partial charge < -0.3 is 14.4 Å². The molecule has 1 rings (SSSR count). The number of carbonyl (C=O) groups is 1. The highest BCUT2D eigenvalue weighted by molar-refractivity contribution is 5.69. The lowest BCUT2D eigenvalue weighted by Crippen LogP contribution is -2.16. The normalized spacial score (nSPS) is 12.4. The van der Waals surface area contributed by atoms with Gasteiger partial charge >= 0.3 is 5.97 Å². The standard InChI is InChI=1S/C12H19NO3/c1-3-4-8-16-12(15)9-13-7-5-6-11(13)10(2)14/h5-7,10,14H,3-4,8-9H2,1-2H3. The van der Waals surface area contributed by atoms with Crippen molar-refractivity contribution >= 4 is 5.97 Å². The van der Waals surface area contributed by atoms with Crippen molar-refractivity contribution in [2.45, 2.75) is 39.3 Å². The van der Waals surface area contributed by atoms with Crippen LogP contribution in [0.15, 0.2) is 18.3 Å². The van der Waals surface area contributed by atoms with E-state index in [9.17, 15) is 9.90 Å². The monoisotopic (exact) mass is 225 g/mol. The zero-order valence-corrected chi connectivity index (χ0v) is 9.85. The van der Waals surface area contributed by atoms with E-state index in [0.717, 1.165) is 18.5 Å². The Morgan fingerprint density at radius 1 is 1.62 bits per heavy atom. The minimum Gasteiger partial charge on any atom is -0.464 e. The number of aliphatic hydroxyl groups excluding tert-OH is 1. The summed E-state index contributed by atoms with van der Waals surface area (Å²) in [5, 5.41) is 9.45. The topological polar surface area (TPSA) is 51.5 Å². The van der Waals surface area contributed by atoms with Gasteiger partial charge in [-0.3, -0.25) is 4.79 Å². The summed E-state index contributed by atoms with van der Waals surface area (Å²) in [6.07, 6.45) is 3.10. The zero-order chi connectivity index (χ0) is 12.0. The summed E-state index contributed by atoms with van der Waals surface area (Å²) >= 11 is 0. The molecule has 0 spiro atoms. The first kappa shape index (κ1) is 12.8. The van der Waals surface area contributed by atoms with Crippen LogP contribution in [0.25, 0.3) is 0 Å². The van der Waals surface area contributed by atoms with Gasteiger partial charge in [-0.1, -0.05) is 13.3 Å². The van der Waals surface area contributed by atoms with E-state index in [1.165, 1.54) is 0 Å². The number of hydrogen-bond acceptors (Lipinski definition) is 3. The average Bonchev–Trinajstić information content (AvgIpc) is 2.66. The fourth-order valence-corrected chi connectivity index (χ4v) is 1.47. The molecule has 16 heavy (non-hydrogen) atoms. The van der Waals surface area contributed by atoms with Crippen LogP contribution in [0.5, 0.6) is 0 Å². The van der Waals surface area contributed by atoms with Crippen molar-refractivity contribution in [3.05, 3.63) is 24.0 Å². The molecule has 0 saturated carbocycles. The molecule has 4 nitrogen and oxygen atoms in total. The number of esters is 1. The van der Waals surface area contributed by atoms with Gasteiger partial charge in [0.25, 0.3) is 0 Å². The van der Waals surface area contributed by atoms with Gasteiger partial charge in [-0.15, -0.1) is 0 Å². The van der Waals surface area contributed by atoms with Gasteiger partial charge in [-0.2, -0.15) is 0 Å². The fourth-order valence-electron chi connectivity index (χ4n) is 1.47. The smallest absolute Gasteiger partial charge is 0.325 e. The van der Waals surface area contributed by atoms with E-state index in [-0.39, 0.29) is 12.5 Å². The lowest BCUT2D eigenvalue weighted by atomic mass is 10.3. The third kappa shape index (κ3) is 3.70. The van der Waals surface area contributed by atoms with Gasteiger partial charge in [0.05, 0.1) is 12.7 Å². The summed E-state index contributed by atoms with van der Waals surface area (Å²) in [7, 11) is 0. The van der Waals surface area contributed by atoms with Crippen molar-refractivity contribution in [3.63, 3.8) is 0 Å². The van der Waals surface area contributed by atoms with Gasteiger partial charge in [0.1, 0.15) is 6.54 Å². The molecule has 0 amide bonds. The van der Waals surface area contributed by atoms with Gasteiger partial charge in [-0.05, 0) is 25.5 Å². The Labute approximate surface area is 95.8 Å². The van der Waals surface area contributed by atoms with Crippen molar-refractivity contribution in [2.75, 3.05) is 6.61 Å². The molecule has 1 N–H and O–H groups in total. The molecule has 4 heteroatoms. The molecule has 0 fully saturated rings. The summed E-state index contributed by atoms with van der Waals surface area (Å²) in [6, 6.07) is 3.60. The van der Waals surface area contributed by atoms with E-state index < -0.39 is 6.10 Å².